The third-order valence-corrected chi connectivity index (χ3v) is 6.41. The number of benzene rings is 2. The highest BCUT2D eigenvalue weighted by Crippen LogP contribution is 2.34. The fourth-order valence-corrected chi connectivity index (χ4v) is 5.14. The van der Waals surface area contributed by atoms with Crippen LogP contribution >= 0.6 is 47.8 Å². The molecule has 0 aliphatic heterocycles. The lowest BCUT2D eigenvalue weighted by molar-refractivity contribution is 0.550. The van der Waals surface area contributed by atoms with E-state index in [0.29, 0.717) is 0 Å². The Morgan fingerprint density at radius 3 is 2.05 bits per heavy atom. The summed E-state index contributed by atoms with van der Waals surface area (Å²) in [5.74, 6) is 0. The molecule has 0 radical (unpaired) electrons. The van der Waals surface area contributed by atoms with Crippen molar-refractivity contribution in [2.24, 2.45) is 0 Å². The van der Waals surface area contributed by atoms with Gasteiger partial charge in [0.25, 0.3) is 0 Å². The first-order chi connectivity index (χ1) is 9.99. The van der Waals surface area contributed by atoms with Gasteiger partial charge in [0.1, 0.15) is 0 Å². The molecule has 0 fully saturated rings. The average Bonchev–Trinajstić information content (AvgIpc) is 2.44. The first-order valence-electron chi connectivity index (χ1n) is 6.94. The molecule has 0 heterocycles. The second-order valence-corrected chi connectivity index (χ2v) is 7.77. The molecule has 0 spiro atoms. The van der Waals surface area contributed by atoms with Crippen molar-refractivity contribution < 1.29 is 0 Å². The lowest BCUT2D eigenvalue weighted by atomic mass is 9.78. The number of hydrogen-bond acceptors (Lipinski definition) is 0. The summed E-state index contributed by atoms with van der Waals surface area (Å²) in [4.78, 5) is 0. The van der Waals surface area contributed by atoms with Crippen molar-refractivity contribution in [2.75, 3.05) is 10.7 Å². The number of rotatable bonds is 5. The summed E-state index contributed by atoms with van der Waals surface area (Å²) in [5.41, 5.74) is 5.47. The van der Waals surface area contributed by atoms with E-state index in [1.54, 1.807) is 0 Å². The molecule has 0 N–H and O–H groups in total. The second kappa shape index (κ2) is 7.43. The fourth-order valence-electron chi connectivity index (χ4n) is 2.77. The Balaban J connectivity index is 2.42. The number of aryl methyl sites for hydroxylation is 2. The molecular formula is C18H19Br3. The maximum Gasteiger partial charge on any atom is 0.0187 e. The molecule has 0 saturated carbocycles. The van der Waals surface area contributed by atoms with E-state index in [1.165, 1.54) is 22.3 Å². The lowest BCUT2D eigenvalue weighted by Crippen LogP contribution is -2.33. The van der Waals surface area contributed by atoms with E-state index in [2.05, 4.69) is 104 Å². The van der Waals surface area contributed by atoms with Crippen LogP contribution < -0.4 is 0 Å². The number of halogens is 3. The predicted octanol–water partition coefficient (Wildman–Crippen LogP) is 6.34. The zero-order valence-corrected chi connectivity index (χ0v) is 17.1. The third-order valence-electron chi connectivity index (χ3n) is 3.77. The van der Waals surface area contributed by atoms with Crippen LogP contribution in [0.4, 0.5) is 0 Å². The number of hydrogen-bond donors (Lipinski definition) is 0. The molecule has 0 nitrogen and oxygen atoms in total. The minimum Gasteiger partial charge on any atom is -0.0918 e. The second-order valence-electron chi connectivity index (χ2n) is 5.73. The Hall–Kier alpha value is -0.120. The average molecular weight is 475 g/mol. The minimum atomic E-state index is 0.0595. The van der Waals surface area contributed by atoms with Crippen molar-refractivity contribution in [1.82, 2.24) is 0 Å². The molecule has 2 aromatic carbocycles. The standard InChI is InChI=1S/C18H19Br3/c1-13-6-14(2)8-15(7-13)10-18(11-19,12-20)16-4-3-5-17(21)9-16/h3-9H,10-12H2,1-2H3. The van der Waals surface area contributed by atoms with Gasteiger partial charge in [-0.1, -0.05) is 89.2 Å². The quantitative estimate of drug-likeness (QED) is 0.444. The van der Waals surface area contributed by atoms with Gasteiger partial charge in [-0.15, -0.1) is 0 Å². The van der Waals surface area contributed by atoms with Gasteiger partial charge < -0.3 is 0 Å². The van der Waals surface area contributed by atoms with E-state index in [-0.39, 0.29) is 5.41 Å². The lowest BCUT2D eigenvalue weighted by Gasteiger charge is -2.31. The van der Waals surface area contributed by atoms with Crippen molar-refractivity contribution in [3.8, 4) is 0 Å². The van der Waals surface area contributed by atoms with Crippen LogP contribution in [-0.4, -0.2) is 10.7 Å². The first kappa shape index (κ1) is 17.2. The van der Waals surface area contributed by atoms with Crippen molar-refractivity contribution >= 4 is 47.8 Å². The molecule has 2 rings (SSSR count). The Bertz CT molecular complexity index is 595. The molecule has 0 aliphatic carbocycles. The van der Waals surface area contributed by atoms with E-state index in [1.807, 2.05) is 0 Å². The molecular weight excluding hydrogens is 456 g/mol. The largest absolute Gasteiger partial charge is 0.0918 e. The SMILES string of the molecule is Cc1cc(C)cc(CC(CBr)(CBr)c2cccc(Br)c2)c1. The van der Waals surface area contributed by atoms with E-state index in [0.717, 1.165) is 21.6 Å². The summed E-state index contributed by atoms with van der Waals surface area (Å²) in [6, 6.07) is 15.5. The van der Waals surface area contributed by atoms with Crippen molar-refractivity contribution in [1.29, 1.82) is 0 Å². The highest BCUT2D eigenvalue weighted by Gasteiger charge is 2.30. The fraction of sp³-hybridized carbons (Fsp3) is 0.333. The van der Waals surface area contributed by atoms with E-state index in [4.69, 9.17) is 0 Å². The molecule has 0 aliphatic rings. The normalized spacial score (nSPS) is 11.7. The van der Waals surface area contributed by atoms with Crippen LogP contribution in [-0.2, 0) is 11.8 Å². The molecule has 0 saturated heterocycles. The Morgan fingerprint density at radius 2 is 1.52 bits per heavy atom. The Labute approximate surface area is 152 Å². The van der Waals surface area contributed by atoms with Crippen molar-refractivity contribution in [3.63, 3.8) is 0 Å². The van der Waals surface area contributed by atoms with Gasteiger partial charge in [0, 0.05) is 20.5 Å². The number of alkyl halides is 2. The molecule has 112 valence electrons. The summed E-state index contributed by atoms with van der Waals surface area (Å²) >= 11 is 11.1. The monoisotopic (exact) mass is 472 g/mol. The van der Waals surface area contributed by atoms with Crippen LogP contribution in [0.25, 0.3) is 0 Å². The van der Waals surface area contributed by atoms with Crippen LogP contribution in [0.5, 0.6) is 0 Å². The van der Waals surface area contributed by atoms with Gasteiger partial charge in [-0.25, -0.2) is 0 Å². The van der Waals surface area contributed by atoms with Crippen LogP contribution in [0.3, 0.4) is 0 Å². The van der Waals surface area contributed by atoms with Crippen LogP contribution in [0.1, 0.15) is 22.3 Å². The van der Waals surface area contributed by atoms with Gasteiger partial charge in [-0.05, 0) is 43.5 Å². The van der Waals surface area contributed by atoms with E-state index < -0.39 is 0 Å². The molecule has 0 unspecified atom stereocenters. The van der Waals surface area contributed by atoms with E-state index in [9.17, 15) is 0 Å². The van der Waals surface area contributed by atoms with Crippen molar-refractivity contribution in [3.05, 3.63) is 69.2 Å². The molecule has 0 aromatic heterocycles. The molecule has 21 heavy (non-hydrogen) atoms. The molecule has 0 atom stereocenters. The summed E-state index contributed by atoms with van der Waals surface area (Å²) < 4.78 is 1.13. The zero-order chi connectivity index (χ0) is 15.5. The molecule has 0 amide bonds. The van der Waals surface area contributed by atoms with Gasteiger partial charge in [0.15, 0.2) is 0 Å². The highest BCUT2D eigenvalue weighted by molar-refractivity contribution is 9.10. The van der Waals surface area contributed by atoms with E-state index >= 15 is 0 Å². The minimum absolute atomic E-state index is 0.0595. The molecule has 2 aromatic rings. The van der Waals surface area contributed by atoms with Gasteiger partial charge in [0.05, 0.1) is 0 Å². The molecule has 3 heteroatoms. The topological polar surface area (TPSA) is 0 Å². The van der Waals surface area contributed by atoms with Gasteiger partial charge in [-0.3, -0.25) is 0 Å². The predicted molar refractivity (Wildman–Crippen MR) is 103 cm³/mol. The summed E-state index contributed by atoms with van der Waals surface area (Å²) in [6.45, 7) is 4.33. The highest BCUT2D eigenvalue weighted by atomic mass is 79.9. The summed E-state index contributed by atoms with van der Waals surface area (Å²) in [6.07, 6.45) is 1.02. The van der Waals surface area contributed by atoms with Gasteiger partial charge in [0.2, 0.25) is 0 Å². The molecule has 0 bridgehead atoms. The Morgan fingerprint density at radius 1 is 0.905 bits per heavy atom. The third kappa shape index (κ3) is 4.20. The smallest absolute Gasteiger partial charge is 0.0187 e. The van der Waals surface area contributed by atoms with Gasteiger partial charge in [-0.2, -0.15) is 0 Å². The first-order valence-corrected chi connectivity index (χ1v) is 9.98. The summed E-state index contributed by atoms with van der Waals surface area (Å²) in [5, 5.41) is 1.85. The van der Waals surface area contributed by atoms with Crippen LogP contribution in [0, 0.1) is 13.8 Å². The summed E-state index contributed by atoms with van der Waals surface area (Å²) in [7, 11) is 0. The van der Waals surface area contributed by atoms with Crippen LogP contribution in [0.2, 0.25) is 0 Å². The zero-order valence-electron chi connectivity index (χ0n) is 12.3. The van der Waals surface area contributed by atoms with Crippen LogP contribution in [0.15, 0.2) is 46.9 Å². The maximum atomic E-state index is 3.74. The maximum absolute atomic E-state index is 3.74. The van der Waals surface area contributed by atoms with Crippen molar-refractivity contribution in [2.45, 2.75) is 25.7 Å². The van der Waals surface area contributed by atoms with Gasteiger partial charge >= 0.3 is 0 Å². The Kier molecular flexibility index (Phi) is 6.10.